The molecule has 140 valence electrons. The molecule has 0 radical (unpaired) electrons. The van der Waals surface area contributed by atoms with Crippen LogP contribution in [0.25, 0.3) is 10.4 Å². The highest BCUT2D eigenvalue weighted by atomic mass is 16.6. The van der Waals surface area contributed by atoms with E-state index in [1.807, 2.05) is 20.8 Å². The maximum Gasteiger partial charge on any atom is 0.410 e. The zero-order valence-electron chi connectivity index (χ0n) is 15.3. The number of nitrogens with zero attached hydrogens (tertiary/aromatic N) is 6. The van der Waals surface area contributed by atoms with Crippen LogP contribution in [0.1, 0.15) is 51.6 Å². The van der Waals surface area contributed by atoms with Crippen LogP contribution in [-0.2, 0) is 4.74 Å². The predicted molar refractivity (Wildman–Crippen MR) is 93.8 cm³/mol. The molecule has 26 heavy (non-hydrogen) atoms. The third-order valence-electron chi connectivity index (χ3n) is 4.29. The summed E-state index contributed by atoms with van der Waals surface area (Å²) < 4.78 is 11.3. The van der Waals surface area contributed by atoms with Crippen LogP contribution in [0.5, 0.6) is 5.88 Å². The lowest BCUT2D eigenvalue weighted by Crippen LogP contribution is -2.41. The molecule has 1 saturated carbocycles. The molecule has 0 unspecified atom stereocenters. The summed E-state index contributed by atoms with van der Waals surface area (Å²) in [5.41, 5.74) is 9.00. The number of likely N-dealkylation sites (tertiary alicyclic amines) is 1. The van der Waals surface area contributed by atoms with E-state index < -0.39 is 11.7 Å². The Balaban J connectivity index is 1.64. The quantitative estimate of drug-likeness (QED) is 0.453. The molecule has 1 aromatic rings. The standard InChI is InChI=1S/C17H24N6O3/c1-17(2,3)26-16(24)23-10-13(6-12(23)7-21-22-18)25-15-9-19-14(8-20-15)11-4-5-11/h8-9,11-13H,4-7,10H2,1-3H3/t12-,13+/m0/s1. The van der Waals surface area contributed by atoms with E-state index in [2.05, 4.69) is 20.0 Å². The van der Waals surface area contributed by atoms with Gasteiger partial charge in [0.25, 0.3) is 0 Å². The van der Waals surface area contributed by atoms with E-state index >= 15 is 0 Å². The summed E-state index contributed by atoms with van der Waals surface area (Å²) in [6, 6.07) is -0.260. The monoisotopic (exact) mass is 360 g/mol. The summed E-state index contributed by atoms with van der Waals surface area (Å²) in [6.07, 6.45) is 5.59. The van der Waals surface area contributed by atoms with E-state index in [0.717, 1.165) is 5.69 Å². The van der Waals surface area contributed by atoms with Crippen molar-refractivity contribution >= 4 is 6.09 Å². The fourth-order valence-electron chi connectivity index (χ4n) is 2.95. The van der Waals surface area contributed by atoms with Gasteiger partial charge in [-0.1, -0.05) is 5.11 Å². The first-order chi connectivity index (χ1) is 12.4. The van der Waals surface area contributed by atoms with Crippen LogP contribution in [0.15, 0.2) is 17.5 Å². The van der Waals surface area contributed by atoms with Gasteiger partial charge in [0, 0.05) is 29.8 Å². The van der Waals surface area contributed by atoms with Crippen molar-refractivity contribution in [3.63, 3.8) is 0 Å². The summed E-state index contributed by atoms with van der Waals surface area (Å²) in [5.74, 6) is 0.979. The number of carbonyl (C=O) groups excluding carboxylic acids is 1. The second-order valence-corrected chi connectivity index (χ2v) is 7.73. The van der Waals surface area contributed by atoms with Gasteiger partial charge < -0.3 is 14.4 Å². The average molecular weight is 360 g/mol. The zero-order valence-corrected chi connectivity index (χ0v) is 15.3. The van der Waals surface area contributed by atoms with E-state index in [1.165, 1.54) is 12.8 Å². The van der Waals surface area contributed by atoms with Crippen molar-refractivity contribution in [1.29, 1.82) is 0 Å². The molecule has 1 saturated heterocycles. The molecule has 1 aromatic heterocycles. The smallest absolute Gasteiger partial charge is 0.410 e. The van der Waals surface area contributed by atoms with E-state index in [9.17, 15) is 4.79 Å². The molecule has 1 amide bonds. The minimum absolute atomic E-state index is 0.182. The van der Waals surface area contributed by atoms with Crippen LogP contribution >= 0.6 is 0 Å². The molecule has 1 aliphatic heterocycles. The topological polar surface area (TPSA) is 113 Å². The molecular weight excluding hydrogens is 336 g/mol. The Labute approximate surface area is 152 Å². The number of ether oxygens (including phenoxy) is 2. The second kappa shape index (κ2) is 7.37. The van der Waals surface area contributed by atoms with Gasteiger partial charge in [-0.25, -0.2) is 9.78 Å². The maximum absolute atomic E-state index is 12.4. The van der Waals surface area contributed by atoms with Gasteiger partial charge in [-0.3, -0.25) is 4.98 Å². The fraction of sp³-hybridized carbons (Fsp3) is 0.706. The van der Waals surface area contributed by atoms with E-state index in [1.54, 1.807) is 17.3 Å². The second-order valence-electron chi connectivity index (χ2n) is 7.73. The summed E-state index contributed by atoms with van der Waals surface area (Å²) in [7, 11) is 0. The van der Waals surface area contributed by atoms with Crippen LogP contribution in [0.4, 0.5) is 4.79 Å². The normalized spacial score (nSPS) is 22.7. The SMILES string of the molecule is CC(C)(C)OC(=O)N1C[C@H](Oc2cnc(C3CC3)cn2)C[C@H]1CN=[N+]=[N-]. The van der Waals surface area contributed by atoms with Crippen molar-refractivity contribution in [1.82, 2.24) is 14.9 Å². The highest BCUT2D eigenvalue weighted by molar-refractivity contribution is 5.69. The first-order valence-corrected chi connectivity index (χ1v) is 8.85. The van der Waals surface area contributed by atoms with Gasteiger partial charge in [0.15, 0.2) is 0 Å². The summed E-state index contributed by atoms with van der Waals surface area (Å²) >= 11 is 0. The molecule has 9 heteroatoms. The molecule has 3 rings (SSSR count). The minimum atomic E-state index is -0.594. The van der Waals surface area contributed by atoms with Gasteiger partial charge in [0.05, 0.1) is 24.6 Å². The molecule has 0 aromatic carbocycles. The summed E-state index contributed by atoms with van der Waals surface area (Å²) in [4.78, 5) is 25.5. The van der Waals surface area contributed by atoms with Crippen molar-refractivity contribution in [2.75, 3.05) is 13.1 Å². The zero-order chi connectivity index (χ0) is 18.7. The fourth-order valence-corrected chi connectivity index (χ4v) is 2.95. The number of rotatable bonds is 5. The molecule has 2 atom stereocenters. The van der Waals surface area contributed by atoms with Crippen molar-refractivity contribution in [3.8, 4) is 5.88 Å². The lowest BCUT2D eigenvalue weighted by molar-refractivity contribution is 0.0217. The van der Waals surface area contributed by atoms with E-state index in [0.29, 0.717) is 24.8 Å². The number of hydrogen-bond acceptors (Lipinski definition) is 6. The Bertz CT molecular complexity index is 691. The molecule has 0 N–H and O–H groups in total. The number of aromatic nitrogens is 2. The molecular formula is C17H24N6O3. The Morgan fingerprint density at radius 3 is 2.73 bits per heavy atom. The largest absolute Gasteiger partial charge is 0.471 e. The predicted octanol–water partition coefficient (Wildman–Crippen LogP) is 3.42. The van der Waals surface area contributed by atoms with Gasteiger partial charge in [0.2, 0.25) is 5.88 Å². The van der Waals surface area contributed by atoms with Crippen LogP contribution in [-0.4, -0.2) is 51.8 Å². The number of azide groups is 1. The van der Waals surface area contributed by atoms with Gasteiger partial charge >= 0.3 is 6.09 Å². The van der Waals surface area contributed by atoms with Crippen LogP contribution in [0.3, 0.4) is 0 Å². The lowest BCUT2D eigenvalue weighted by Gasteiger charge is -2.27. The van der Waals surface area contributed by atoms with Crippen LogP contribution in [0.2, 0.25) is 0 Å². The summed E-state index contributed by atoms with van der Waals surface area (Å²) in [5, 5.41) is 3.61. The van der Waals surface area contributed by atoms with Gasteiger partial charge in [0.1, 0.15) is 11.7 Å². The Kier molecular flexibility index (Phi) is 5.18. The molecule has 0 spiro atoms. The molecule has 1 aliphatic carbocycles. The first kappa shape index (κ1) is 18.3. The molecule has 2 heterocycles. The van der Waals surface area contributed by atoms with Crippen molar-refractivity contribution in [2.24, 2.45) is 5.11 Å². The number of carbonyl (C=O) groups is 1. The Hall–Kier alpha value is -2.54. The molecule has 0 bridgehead atoms. The third kappa shape index (κ3) is 4.76. The number of amides is 1. The third-order valence-corrected chi connectivity index (χ3v) is 4.29. The Morgan fingerprint density at radius 1 is 1.38 bits per heavy atom. The lowest BCUT2D eigenvalue weighted by atomic mass is 10.2. The van der Waals surface area contributed by atoms with Gasteiger partial charge in [-0.2, -0.15) is 0 Å². The average Bonchev–Trinajstić information content (AvgIpc) is 3.33. The Morgan fingerprint density at radius 2 is 2.15 bits per heavy atom. The molecule has 2 aliphatic rings. The highest BCUT2D eigenvalue weighted by Crippen LogP contribution is 2.38. The van der Waals surface area contributed by atoms with Crippen molar-refractivity contribution < 1.29 is 14.3 Å². The van der Waals surface area contributed by atoms with Crippen LogP contribution < -0.4 is 4.74 Å². The minimum Gasteiger partial charge on any atom is -0.471 e. The van der Waals surface area contributed by atoms with Crippen molar-refractivity contribution in [2.45, 2.75) is 63.7 Å². The van der Waals surface area contributed by atoms with Gasteiger partial charge in [-0.15, -0.1) is 0 Å². The molecule has 9 nitrogen and oxygen atoms in total. The summed E-state index contributed by atoms with van der Waals surface area (Å²) in [6.45, 7) is 5.98. The maximum atomic E-state index is 12.4. The van der Waals surface area contributed by atoms with E-state index in [4.69, 9.17) is 15.0 Å². The first-order valence-electron chi connectivity index (χ1n) is 8.85. The molecule has 2 fully saturated rings. The number of hydrogen-bond donors (Lipinski definition) is 0. The van der Waals surface area contributed by atoms with Crippen LogP contribution in [0, 0.1) is 0 Å². The highest BCUT2D eigenvalue weighted by Gasteiger charge is 2.38. The van der Waals surface area contributed by atoms with Crippen molar-refractivity contribution in [3.05, 3.63) is 28.5 Å². The van der Waals surface area contributed by atoms with E-state index in [-0.39, 0.29) is 18.7 Å². The van der Waals surface area contributed by atoms with Gasteiger partial charge in [-0.05, 0) is 39.1 Å².